The van der Waals surface area contributed by atoms with Crippen molar-refractivity contribution in [2.24, 2.45) is 17.2 Å². The number of carboxylic acids is 1. The van der Waals surface area contributed by atoms with Crippen LogP contribution < -0.4 is 33.2 Å². The molecule has 0 heterocycles. The lowest BCUT2D eigenvalue weighted by atomic mass is 10.1. The largest absolute Gasteiger partial charge is 0.480 e. The molecule has 0 saturated heterocycles. The Morgan fingerprint density at radius 1 is 0.889 bits per heavy atom. The zero-order valence-electron chi connectivity index (χ0n) is 15.0. The molecule has 0 aliphatic rings. The molecular weight excluding hydrogens is 360 g/mol. The Labute approximate surface area is 156 Å². The molecule has 2 unspecified atom stereocenters. The van der Waals surface area contributed by atoms with Gasteiger partial charge in [-0.1, -0.05) is 0 Å². The smallest absolute Gasteiger partial charge is 0.326 e. The minimum absolute atomic E-state index is 0.174. The van der Waals surface area contributed by atoms with Gasteiger partial charge >= 0.3 is 5.97 Å². The molecule has 0 aromatic carbocycles. The maximum atomic E-state index is 12.4. The quantitative estimate of drug-likeness (QED) is 0.148. The Balaban J connectivity index is 4.88. The number of carbonyl (C=O) groups is 5. The number of amides is 4. The third-order valence-electron chi connectivity index (χ3n) is 3.52. The molecule has 0 aliphatic heterocycles. The van der Waals surface area contributed by atoms with Crippen LogP contribution >= 0.6 is 0 Å². The lowest BCUT2D eigenvalue weighted by Gasteiger charge is -2.21. The highest BCUT2D eigenvalue weighted by Gasteiger charge is 2.26. The van der Waals surface area contributed by atoms with Crippen LogP contribution in [0.15, 0.2) is 0 Å². The van der Waals surface area contributed by atoms with Crippen molar-refractivity contribution in [2.75, 3.05) is 19.6 Å². The summed E-state index contributed by atoms with van der Waals surface area (Å²) in [5, 5.41) is 16.1. The van der Waals surface area contributed by atoms with E-state index in [0.29, 0.717) is 19.4 Å². The van der Waals surface area contributed by atoms with E-state index < -0.39 is 41.7 Å². The highest BCUT2D eigenvalue weighted by molar-refractivity contribution is 5.92. The monoisotopic (exact) mass is 388 g/mol. The standard InChI is InChI=1S/C15H28N6O6/c16-6-2-1-3-9(20-13(24)8-19-12(23)7-17)14(25)21-10(15(26)27)4-5-11(18)22/h9-10H,1-8,16-17H2,(H2,18,22)(H,19,23)(H,20,24)(H,21,25)(H,26,27). The van der Waals surface area contributed by atoms with E-state index in [9.17, 15) is 24.0 Å². The Kier molecular flexibility index (Phi) is 12.1. The van der Waals surface area contributed by atoms with Gasteiger partial charge in [0.05, 0.1) is 13.1 Å². The van der Waals surface area contributed by atoms with Gasteiger partial charge < -0.3 is 38.3 Å². The minimum Gasteiger partial charge on any atom is -0.480 e. The highest BCUT2D eigenvalue weighted by Crippen LogP contribution is 2.04. The normalized spacial score (nSPS) is 12.5. The molecule has 0 aliphatic carbocycles. The molecule has 4 amide bonds. The van der Waals surface area contributed by atoms with Crippen LogP contribution in [0.1, 0.15) is 32.1 Å². The van der Waals surface area contributed by atoms with Crippen LogP contribution in [0.25, 0.3) is 0 Å². The minimum atomic E-state index is -1.33. The fourth-order valence-corrected chi connectivity index (χ4v) is 2.07. The summed E-state index contributed by atoms with van der Waals surface area (Å²) < 4.78 is 0. The second-order valence-corrected chi connectivity index (χ2v) is 5.79. The third kappa shape index (κ3) is 11.5. The predicted molar refractivity (Wildman–Crippen MR) is 94.9 cm³/mol. The highest BCUT2D eigenvalue weighted by atomic mass is 16.4. The summed E-state index contributed by atoms with van der Waals surface area (Å²) in [6.45, 7) is -0.264. The first kappa shape index (κ1) is 24.3. The second-order valence-electron chi connectivity index (χ2n) is 5.79. The van der Waals surface area contributed by atoms with E-state index >= 15 is 0 Å². The van der Waals surface area contributed by atoms with Gasteiger partial charge in [-0.15, -0.1) is 0 Å². The average molecular weight is 388 g/mol. The van der Waals surface area contributed by atoms with Crippen LogP contribution in [-0.4, -0.2) is 66.4 Å². The number of aliphatic carboxylic acids is 1. The maximum absolute atomic E-state index is 12.4. The molecule has 0 aromatic rings. The van der Waals surface area contributed by atoms with Crippen molar-refractivity contribution in [1.82, 2.24) is 16.0 Å². The Hall–Kier alpha value is -2.73. The van der Waals surface area contributed by atoms with Crippen molar-refractivity contribution in [3.63, 3.8) is 0 Å². The van der Waals surface area contributed by atoms with Gasteiger partial charge in [-0.2, -0.15) is 0 Å². The van der Waals surface area contributed by atoms with E-state index in [-0.39, 0.29) is 32.4 Å². The van der Waals surface area contributed by atoms with E-state index in [1.54, 1.807) is 0 Å². The number of unbranched alkanes of at least 4 members (excludes halogenated alkanes) is 1. The Bertz CT molecular complexity index is 541. The van der Waals surface area contributed by atoms with Gasteiger partial charge in [0.1, 0.15) is 12.1 Å². The summed E-state index contributed by atoms with van der Waals surface area (Å²) in [4.78, 5) is 57.4. The lowest BCUT2D eigenvalue weighted by molar-refractivity contribution is -0.142. The molecule has 0 aromatic heterocycles. The molecule has 2 atom stereocenters. The van der Waals surface area contributed by atoms with E-state index in [1.807, 2.05) is 0 Å². The van der Waals surface area contributed by atoms with Gasteiger partial charge in [-0.05, 0) is 32.2 Å². The molecule has 12 nitrogen and oxygen atoms in total. The van der Waals surface area contributed by atoms with Crippen molar-refractivity contribution in [3.8, 4) is 0 Å². The number of carboxylic acid groups (broad SMARTS) is 1. The van der Waals surface area contributed by atoms with Gasteiger partial charge in [-0.3, -0.25) is 19.2 Å². The van der Waals surface area contributed by atoms with Crippen molar-refractivity contribution in [1.29, 1.82) is 0 Å². The van der Waals surface area contributed by atoms with Crippen LogP contribution in [-0.2, 0) is 24.0 Å². The molecule has 10 N–H and O–H groups in total. The number of nitrogens with two attached hydrogens (primary N) is 3. The van der Waals surface area contributed by atoms with E-state index in [1.165, 1.54) is 0 Å². The van der Waals surface area contributed by atoms with E-state index in [2.05, 4.69) is 16.0 Å². The first-order valence-corrected chi connectivity index (χ1v) is 8.48. The Morgan fingerprint density at radius 2 is 1.56 bits per heavy atom. The van der Waals surface area contributed by atoms with Crippen LogP contribution in [0.5, 0.6) is 0 Å². The van der Waals surface area contributed by atoms with Crippen molar-refractivity contribution in [2.45, 2.75) is 44.2 Å². The van der Waals surface area contributed by atoms with Crippen LogP contribution in [0, 0.1) is 0 Å². The topological polar surface area (TPSA) is 220 Å². The first-order chi connectivity index (χ1) is 12.7. The van der Waals surface area contributed by atoms with Crippen molar-refractivity contribution >= 4 is 29.6 Å². The molecule has 0 rings (SSSR count). The Morgan fingerprint density at radius 3 is 2.07 bits per heavy atom. The maximum Gasteiger partial charge on any atom is 0.326 e. The zero-order valence-corrected chi connectivity index (χ0v) is 15.0. The van der Waals surface area contributed by atoms with Gasteiger partial charge in [0, 0.05) is 6.42 Å². The summed E-state index contributed by atoms with van der Waals surface area (Å²) in [6.07, 6.45) is 0.956. The van der Waals surface area contributed by atoms with Crippen LogP contribution in [0.3, 0.4) is 0 Å². The van der Waals surface area contributed by atoms with Gasteiger partial charge in [0.2, 0.25) is 23.6 Å². The summed E-state index contributed by atoms with van der Waals surface area (Å²) in [7, 11) is 0. The van der Waals surface area contributed by atoms with Crippen molar-refractivity contribution in [3.05, 3.63) is 0 Å². The molecule has 0 bridgehead atoms. The molecule has 0 spiro atoms. The number of carbonyl (C=O) groups excluding carboxylic acids is 4. The number of nitrogens with one attached hydrogen (secondary N) is 3. The predicted octanol–water partition coefficient (Wildman–Crippen LogP) is -3.49. The molecule has 0 saturated carbocycles. The molecule has 154 valence electrons. The zero-order chi connectivity index (χ0) is 20.8. The van der Waals surface area contributed by atoms with Crippen LogP contribution in [0.4, 0.5) is 0 Å². The second kappa shape index (κ2) is 13.5. The summed E-state index contributed by atoms with van der Waals surface area (Å²) in [5.41, 5.74) is 15.5. The number of rotatable bonds is 14. The third-order valence-corrected chi connectivity index (χ3v) is 3.52. The first-order valence-electron chi connectivity index (χ1n) is 8.48. The molecule has 0 fully saturated rings. The fraction of sp³-hybridized carbons (Fsp3) is 0.667. The fourth-order valence-electron chi connectivity index (χ4n) is 2.07. The average Bonchev–Trinajstić information content (AvgIpc) is 2.61. The number of primary amides is 1. The van der Waals surface area contributed by atoms with E-state index in [0.717, 1.165) is 0 Å². The molecule has 12 heteroatoms. The van der Waals surface area contributed by atoms with Gasteiger partial charge in [0.15, 0.2) is 0 Å². The number of hydrogen-bond acceptors (Lipinski definition) is 7. The lowest BCUT2D eigenvalue weighted by Crippen LogP contribution is -2.53. The van der Waals surface area contributed by atoms with Gasteiger partial charge in [-0.25, -0.2) is 4.79 Å². The molecular formula is C15H28N6O6. The SMILES string of the molecule is NCCCCC(NC(=O)CNC(=O)CN)C(=O)NC(CCC(N)=O)C(=O)O. The van der Waals surface area contributed by atoms with Crippen molar-refractivity contribution < 1.29 is 29.1 Å². The number of hydrogen-bond donors (Lipinski definition) is 7. The summed E-state index contributed by atoms with van der Waals surface area (Å²) in [6, 6.07) is -2.34. The van der Waals surface area contributed by atoms with Gasteiger partial charge in [0.25, 0.3) is 0 Å². The summed E-state index contributed by atoms with van der Waals surface area (Å²) >= 11 is 0. The molecule has 0 radical (unpaired) electrons. The molecule has 27 heavy (non-hydrogen) atoms. The van der Waals surface area contributed by atoms with Crippen LogP contribution in [0.2, 0.25) is 0 Å². The summed E-state index contributed by atoms with van der Waals surface area (Å²) in [5.74, 6) is -3.91. The van der Waals surface area contributed by atoms with E-state index in [4.69, 9.17) is 22.3 Å².